The summed E-state index contributed by atoms with van der Waals surface area (Å²) < 4.78 is 61.6. The maximum absolute atomic E-state index is 10.7. The number of likely N-dealkylation sites (N-methyl/N-ethyl adjacent to an activating group) is 1. The molecule has 6 aromatic carbocycles. The van der Waals surface area contributed by atoms with Crippen LogP contribution >= 0.6 is 7.81 Å². The predicted octanol–water partition coefficient (Wildman–Crippen LogP) is 13.7. The topological polar surface area (TPSA) is 6.25 Å². The van der Waals surface area contributed by atoms with E-state index in [0.717, 1.165) is 12.8 Å². The number of halogens is 6. The van der Waals surface area contributed by atoms with E-state index in [1.165, 1.54) is 66.6 Å². The van der Waals surface area contributed by atoms with Gasteiger partial charge in [-0.3, -0.25) is 0 Å². The van der Waals surface area contributed by atoms with Crippen LogP contribution in [0.15, 0.2) is 157 Å². The van der Waals surface area contributed by atoms with Crippen molar-refractivity contribution in [3.8, 4) is 0 Å². The van der Waals surface area contributed by atoms with Gasteiger partial charge in [-0.05, 0) is 83.1 Å². The summed E-state index contributed by atoms with van der Waals surface area (Å²) in [5.41, 5.74) is 10.4. The molecule has 278 valence electrons. The Morgan fingerprint density at radius 2 is 1.06 bits per heavy atom. The standard InChI is InChI=1S/C45H41N2.F6P/c1-44(30-32-16-7-5-8-17-32)40(46(3)38-28-26-34-20-11-13-22-36(34)42(38)44)24-15-25-41-45(2,31-33-18-9-6-10-19-33)43-37-23-14-12-21-35(37)27-29-39(43)47(41)4;1-7(2,3,4,5)6/h5-29H,30-31H2,1-4H3;/q+1;-1. The van der Waals surface area contributed by atoms with Gasteiger partial charge in [-0.15, -0.1) is 0 Å². The number of rotatable bonds is 6. The molecule has 9 heteroatoms. The van der Waals surface area contributed by atoms with Crippen molar-refractivity contribution in [2.45, 2.75) is 37.5 Å². The van der Waals surface area contributed by atoms with E-state index in [9.17, 15) is 25.2 Å². The molecule has 0 fully saturated rings. The molecule has 54 heavy (non-hydrogen) atoms. The first kappa shape index (κ1) is 37.1. The first-order valence-corrected chi connectivity index (χ1v) is 19.8. The van der Waals surface area contributed by atoms with Gasteiger partial charge >= 0.3 is 33.0 Å². The molecule has 0 radical (unpaired) electrons. The summed E-state index contributed by atoms with van der Waals surface area (Å²) in [4.78, 5) is 2.42. The van der Waals surface area contributed by atoms with Crippen molar-refractivity contribution in [3.63, 3.8) is 0 Å². The number of anilines is 1. The summed E-state index contributed by atoms with van der Waals surface area (Å²) >= 11 is 0. The van der Waals surface area contributed by atoms with Crippen LogP contribution in [0.2, 0.25) is 0 Å². The Kier molecular flexibility index (Phi) is 8.73. The average molecular weight is 755 g/mol. The minimum absolute atomic E-state index is 0.199. The van der Waals surface area contributed by atoms with Crippen molar-refractivity contribution < 1.29 is 29.8 Å². The van der Waals surface area contributed by atoms with E-state index in [0.29, 0.717) is 0 Å². The molecule has 0 amide bonds. The van der Waals surface area contributed by atoms with Crippen LogP contribution in [-0.2, 0) is 23.7 Å². The van der Waals surface area contributed by atoms with Gasteiger partial charge in [0, 0.05) is 41.6 Å². The molecule has 2 atom stereocenters. The molecule has 2 nitrogen and oxygen atoms in total. The summed E-state index contributed by atoms with van der Waals surface area (Å²) in [5, 5.41) is 5.26. The fraction of sp³-hybridized carbons (Fsp3) is 0.178. The van der Waals surface area contributed by atoms with Crippen molar-refractivity contribution in [1.82, 2.24) is 0 Å². The van der Waals surface area contributed by atoms with Gasteiger partial charge in [0.05, 0.1) is 5.41 Å². The molecular formula is C45H41F6N2P. The predicted molar refractivity (Wildman–Crippen MR) is 213 cm³/mol. The Hall–Kier alpha value is -5.20. The fourth-order valence-electron chi connectivity index (χ4n) is 8.68. The quantitative estimate of drug-likeness (QED) is 0.0932. The Labute approximate surface area is 311 Å². The number of hydrogen-bond donors (Lipinski definition) is 0. The maximum atomic E-state index is 9.87. The van der Waals surface area contributed by atoms with E-state index >= 15 is 0 Å². The minimum atomic E-state index is -10.7. The molecule has 0 aliphatic carbocycles. The van der Waals surface area contributed by atoms with Crippen molar-refractivity contribution in [2.75, 3.05) is 19.0 Å². The zero-order valence-corrected chi connectivity index (χ0v) is 31.4. The van der Waals surface area contributed by atoms with Crippen molar-refractivity contribution in [1.29, 1.82) is 0 Å². The summed E-state index contributed by atoms with van der Waals surface area (Å²) in [6, 6.07) is 48.8. The second-order valence-electron chi connectivity index (χ2n) is 14.7. The van der Waals surface area contributed by atoms with Crippen LogP contribution in [0, 0.1) is 0 Å². The molecule has 0 aromatic heterocycles. The Bertz CT molecular complexity index is 2480. The number of allylic oxidation sites excluding steroid dienone is 4. The zero-order valence-electron chi connectivity index (χ0n) is 30.5. The first-order chi connectivity index (χ1) is 25.3. The summed E-state index contributed by atoms with van der Waals surface area (Å²) in [6.07, 6.45) is 8.93. The second kappa shape index (κ2) is 12.7. The monoisotopic (exact) mass is 754 g/mol. The number of fused-ring (bicyclic) bond motifs is 6. The molecule has 0 bridgehead atoms. The van der Waals surface area contributed by atoms with Crippen LogP contribution in [-0.4, -0.2) is 24.4 Å². The number of nitrogens with zero attached hydrogens (tertiary/aromatic N) is 2. The molecule has 0 saturated carbocycles. The number of benzene rings is 6. The molecular weight excluding hydrogens is 713 g/mol. The molecule has 0 N–H and O–H groups in total. The van der Waals surface area contributed by atoms with Crippen molar-refractivity contribution in [2.24, 2.45) is 0 Å². The third-order valence-corrected chi connectivity index (χ3v) is 10.8. The molecule has 2 aliphatic rings. The number of hydrogen-bond acceptors (Lipinski definition) is 1. The molecule has 0 spiro atoms. The van der Waals surface area contributed by atoms with E-state index in [2.05, 4.69) is 189 Å². The Balaban J connectivity index is 0.000000588. The molecule has 2 aliphatic heterocycles. The molecule has 2 heterocycles. The van der Waals surface area contributed by atoms with Gasteiger partial charge in [-0.1, -0.05) is 121 Å². The second-order valence-corrected chi connectivity index (χ2v) is 16.6. The van der Waals surface area contributed by atoms with E-state index < -0.39 is 7.81 Å². The van der Waals surface area contributed by atoms with Crippen molar-refractivity contribution in [3.05, 3.63) is 180 Å². The summed E-state index contributed by atoms with van der Waals surface area (Å²) in [7, 11) is -6.19. The molecule has 2 unspecified atom stereocenters. The Morgan fingerprint density at radius 3 is 1.61 bits per heavy atom. The molecule has 6 aromatic rings. The average Bonchev–Trinajstić information content (AvgIpc) is 3.46. The molecule has 0 saturated heterocycles. The van der Waals surface area contributed by atoms with Gasteiger partial charge in [0.25, 0.3) is 0 Å². The first-order valence-electron chi connectivity index (χ1n) is 17.8. The van der Waals surface area contributed by atoms with E-state index in [1.807, 2.05) is 0 Å². The Morgan fingerprint density at radius 1 is 0.593 bits per heavy atom. The third-order valence-electron chi connectivity index (χ3n) is 10.8. The zero-order chi connectivity index (χ0) is 38.6. The van der Waals surface area contributed by atoms with Crippen LogP contribution in [0.3, 0.4) is 0 Å². The van der Waals surface area contributed by atoms with Gasteiger partial charge < -0.3 is 4.90 Å². The molecule has 8 rings (SSSR count). The van der Waals surface area contributed by atoms with E-state index in [-0.39, 0.29) is 10.8 Å². The summed E-state index contributed by atoms with van der Waals surface area (Å²) in [5.74, 6) is 0. The fourth-order valence-corrected chi connectivity index (χ4v) is 8.68. The van der Waals surface area contributed by atoms with Crippen LogP contribution in [0.4, 0.5) is 36.6 Å². The van der Waals surface area contributed by atoms with Gasteiger partial charge in [0.1, 0.15) is 7.05 Å². The van der Waals surface area contributed by atoms with Gasteiger partial charge in [0.2, 0.25) is 5.69 Å². The van der Waals surface area contributed by atoms with Crippen LogP contribution in [0.25, 0.3) is 21.5 Å². The van der Waals surface area contributed by atoms with Crippen LogP contribution < -0.4 is 4.90 Å². The van der Waals surface area contributed by atoms with Crippen molar-refractivity contribution >= 4 is 46.4 Å². The summed E-state index contributed by atoms with van der Waals surface area (Å²) in [6.45, 7) is 4.87. The van der Waals surface area contributed by atoms with Gasteiger partial charge in [-0.25, -0.2) is 0 Å². The SMILES string of the molecule is CN1C(=C/C=C/C2=[N+](C)c3ccc4ccccc4c3C2(C)Cc2ccccc2)C(C)(Cc2ccccc2)c2c1ccc1ccccc21.F[P-](F)(F)(F)(F)F. The van der Waals surface area contributed by atoms with Gasteiger partial charge in [-0.2, -0.15) is 4.58 Å². The van der Waals surface area contributed by atoms with E-state index in [1.54, 1.807) is 0 Å². The van der Waals surface area contributed by atoms with Gasteiger partial charge in [0.15, 0.2) is 5.71 Å². The van der Waals surface area contributed by atoms with E-state index in [4.69, 9.17) is 0 Å². The normalized spacial score (nSPS) is 21.6. The van der Waals surface area contributed by atoms with Crippen LogP contribution in [0.1, 0.15) is 36.1 Å². The van der Waals surface area contributed by atoms with Crippen LogP contribution in [0.5, 0.6) is 0 Å². The third kappa shape index (κ3) is 7.45.